The van der Waals surface area contributed by atoms with Gasteiger partial charge < -0.3 is 28.7 Å². The number of methoxy groups -OCH3 is 4. The lowest BCUT2D eigenvalue weighted by atomic mass is 9.91. The summed E-state index contributed by atoms with van der Waals surface area (Å²) in [6.45, 7) is 0. The zero-order valence-corrected chi connectivity index (χ0v) is 18.7. The molecule has 0 spiro atoms. The molecule has 0 radical (unpaired) electrons. The monoisotopic (exact) mass is 448 g/mol. The Kier molecular flexibility index (Phi) is 6.74. The Balaban J connectivity index is 2.26. The van der Waals surface area contributed by atoms with E-state index in [2.05, 4.69) is 0 Å². The number of hydrogen-bond donors (Lipinski definition) is 2. The highest BCUT2D eigenvalue weighted by atomic mass is 31.2. The zero-order chi connectivity index (χ0) is 22.8. The molecule has 0 saturated carbocycles. The van der Waals surface area contributed by atoms with Crippen molar-refractivity contribution in [3.63, 3.8) is 0 Å². The number of hydrogen-bond acceptors (Lipinski definition) is 6. The van der Waals surface area contributed by atoms with Gasteiger partial charge in [0.05, 0.1) is 34.6 Å². The second-order valence-corrected chi connectivity index (χ2v) is 8.69. The van der Waals surface area contributed by atoms with Crippen LogP contribution in [0.3, 0.4) is 0 Å². The van der Waals surface area contributed by atoms with Crippen molar-refractivity contribution >= 4 is 19.0 Å². The fourth-order valence-corrected chi connectivity index (χ4v) is 4.48. The molecule has 0 aromatic heterocycles. The van der Waals surface area contributed by atoms with Gasteiger partial charge in [0.15, 0.2) is 17.3 Å². The van der Waals surface area contributed by atoms with Crippen LogP contribution in [0.1, 0.15) is 28.7 Å². The van der Waals surface area contributed by atoms with Gasteiger partial charge in [-0.15, -0.1) is 0 Å². The standard InChI is InChI=1S/C22H25O8P/c1-27-19-8-5-13(9-14(19)12-31(24,25)26)17-10-15(23)6-7-16-18(17)11-20(28-2)22(30-4)21(16)29-3/h5,8-11H,6-7,12H2,1-4H3,(H2,24,25,26). The first-order valence-electron chi connectivity index (χ1n) is 9.51. The van der Waals surface area contributed by atoms with Crippen molar-refractivity contribution in [2.24, 2.45) is 0 Å². The maximum absolute atomic E-state index is 12.6. The predicted octanol–water partition coefficient (Wildman–Crippen LogP) is 3.35. The molecule has 2 N–H and O–H groups in total. The summed E-state index contributed by atoms with van der Waals surface area (Å²) < 4.78 is 33.5. The minimum absolute atomic E-state index is 0.0708. The van der Waals surface area contributed by atoms with Crippen LogP contribution in [0.5, 0.6) is 23.0 Å². The van der Waals surface area contributed by atoms with Gasteiger partial charge >= 0.3 is 7.60 Å². The third-order valence-corrected chi connectivity index (χ3v) is 5.87. The first-order chi connectivity index (χ1) is 14.7. The van der Waals surface area contributed by atoms with Crippen LogP contribution in [-0.2, 0) is 21.9 Å². The van der Waals surface area contributed by atoms with E-state index in [9.17, 15) is 19.1 Å². The fourth-order valence-electron chi connectivity index (χ4n) is 3.79. The van der Waals surface area contributed by atoms with Crippen LogP contribution in [0.4, 0.5) is 0 Å². The molecular formula is C22H25O8P. The summed E-state index contributed by atoms with van der Waals surface area (Å²) in [5.74, 6) is 1.66. The molecule has 0 amide bonds. The van der Waals surface area contributed by atoms with Crippen molar-refractivity contribution in [1.82, 2.24) is 0 Å². The highest BCUT2D eigenvalue weighted by Crippen LogP contribution is 2.47. The summed E-state index contributed by atoms with van der Waals surface area (Å²) >= 11 is 0. The molecule has 9 heteroatoms. The Morgan fingerprint density at radius 3 is 2.16 bits per heavy atom. The predicted molar refractivity (Wildman–Crippen MR) is 115 cm³/mol. The highest BCUT2D eigenvalue weighted by molar-refractivity contribution is 7.50. The van der Waals surface area contributed by atoms with Crippen LogP contribution in [-0.4, -0.2) is 44.0 Å². The van der Waals surface area contributed by atoms with Crippen LogP contribution in [0.25, 0.3) is 5.57 Å². The van der Waals surface area contributed by atoms with E-state index in [0.717, 1.165) is 11.1 Å². The molecule has 0 heterocycles. The SMILES string of the molecule is COc1ccc(C2=CC(=O)CCc3c2cc(OC)c(OC)c3OC)cc1CP(=O)(O)O. The van der Waals surface area contributed by atoms with E-state index < -0.39 is 13.8 Å². The van der Waals surface area contributed by atoms with E-state index in [1.54, 1.807) is 30.3 Å². The Labute approximate surface area is 180 Å². The summed E-state index contributed by atoms with van der Waals surface area (Å²) in [6.07, 6.45) is 1.80. The van der Waals surface area contributed by atoms with Crippen LogP contribution < -0.4 is 18.9 Å². The van der Waals surface area contributed by atoms with Crippen molar-refractivity contribution < 1.29 is 38.1 Å². The van der Waals surface area contributed by atoms with Crippen LogP contribution in [0, 0.1) is 0 Å². The van der Waals surface area contributed by atoms with E-state index in [1.807, 2.05) is 0 Å². The molecule has 1 aliphatic rings. The third-order valence-electron chi connectivity index (χ3n) is 5.12. The number of carbonyl (C=O) groups is 1. The molecule has 1 aliphatic carbocycles. The lowest BCUT2D eigenvalue weighted by Gasteiger charge is -2.20. The third kappa shape index (κ3) is 4.77. The molecule has 2 aromatic rings. The van der Waals surface area contributed by atoms with E-state index in [0.29, 0.717) is 46.1 Å². The summed E-state index contributed by atoms with van der Waals surface area (Å²) in [6, 6.07) is 6.80. The maximum atomic E-state index is 12.6. The molecule has 8 nitrogen and oxygen atoms in total. The van der Waals surface area contributed by atoms with Crippen LogP contribution in [0.15, 0.2) is 30.3 Å². The van der Waals surface area contributed by atoms with Gasteiger partial charge in [0.1, 0.15) is 5.75 Å². The Hall–Kier alpha value is -2.80. The summed E-state index contributed by atoms with van der Waals surface area (Å²) in [4.78, 5) is 31.5. The fraction of sp³-hybridized carbons (Fsp3) is 0.318. The minimum Gasteiger partial charge on any atom is -0.496 e. The number of ketones is 1. The van der Waals surface area contributed by atoms with Gasteiger partial charge in [0.2, 0.25) is 5.75 Å². The molecule has 2 aromatic carbocycles. The van der Waals surface area contributed by atoms with Gasteiger partial charge in [-0.3, -0.25) is 9.36 Å². The van der Waals surface area contributed by atoms with Gasteiger partial charge in [-0.1, -0.05) is 6.07 Å². The Morgan fingerprint density at radius 2 is 1.58 bits per heavy atom. The topological polar surface area (TPSA) is 112 Å². The molecule has 0 fully saturated rings. The van der Waals surface area contributed by atoms with Gasteiger partial charge in [0, 0.05) is 17.5 Å². The average Bonchev–Trinajstić information content (AvgIpc) is 2.89. The molecule has 3 rings (SSSR count). The summed E-state index contributed by atoms with van der Waals surface area (Å²) in [5, 5.41) is 0. The Bertz CT molecular complexity index is 1080. The molecule has 0 saturated heterocycles. The van der Waals surface area contributed by atoms with E-state index >= 15 is 0 Å². The molecule has 0 atom stereocenters. The quantitative estimate of drug-likeness (QED) is 0.621. The molecule has 0 bridgehead atoms. The second-order valence-electron chi connectivity index (χ2n) is 7.05. The van der Waals surface area contributed by atoms with Crippen molar-refractivity contribution in [2.45, 2.75) is 19.0 Å². The summed E-state index contributed by atoms with van der Waals surface area (Å²) in [5.41, 5.74) is 3.10. The smallest absolute Gasteiger partial charge is 0.330 e. The number of benzene rings is 2. The zero-order valence-electron chi connectivity index (χ0n) is 17.8. The van der Waals surface area contributed by atoms with Gasteiger partial charge in [-0.05, 0) is 47.4 Å². The van der Waals surface area contributed by atoms with E-state index in [1.165, 1.54) is 28.4 Å². The van der Waals surface area contributed by atoms with Crippen LogP contribution >= 0.6 is 7.60 Å². The lowest BCUT2D eigenvalue weighted by molar-refractivity contribution is -0.114. The molecule has 31 heavy (non-hydrogen) atoms. The van der Waals surface area contributed by atoms with Gasteiger partial charge in [0.25, 0.3) is 0 Å². The number of carbonyl (C=O) groups excluding carboxylic acids is 1. The van der Waals surface area contributed by atoms with Gasteiger partial charge in [-0.25, -0.2) is 0 Å². The molecule has 0 unspecified atom stereocenters. The minimum atomic E-state index is -4.33. The molecular weight excluding hydrogens is 423 g/mol. The first-order valence-corrected chi connectivity index (χ1v) is 11.3. The lowest BCUT2D eigenvalue weighted by Crippen LogP contribution is -2.03. The molecule has 166 valence electrons. The van der Waals surface area contributed by atoms with Crippen LogP contribution in [0.2, 0.25) is 0 Å². The molecule has 0 aliphatic heterocycles. The highest BCUT2D eigenvalue weighted by Gasteiger charge is 2.27. The second kappa shape index (κ2) is 9.14. The van der Waals surface area contributed by atoms with E-state index in [4.69, 9.17) is 18.9 Å². The summed E-state index contributed by atoms with van der Waals surface area (Å²) in [7, 11) is 1.66. The van der Waals surface area contributed by atoms with Crippen molar-refractivity contribution in [1.29, 1.82) is 0 Å². The number of fused-ring (bicyclic) bond motifs is 1. The number of allylic oxidation sites excluding steroid dienone is 1. The largest absolute Gasteiger partial charge is 0.496 e. The Morgan fingerprint density at radius 1 is 0.903 bits per heavy atom. The first kappa shape index (κ1) is 22.9. The average molecular weight is 448 g/mol. The maximum Gasteiger partial charge on any atom is 0.330 e. The van der Waals surface area contributed by atoms with E-state index in [-0.39, 0.29) is 12.2 Å². The normalized spacial score (nSPS) is 13.7. The number of rotatable bonds is 7. The van der Waals surface area contributed by atoms with Gasteiger partial charge in [-0.2, -0.15) is 0 Å². The van der Waals surface area contributed by atoms with Crippen molar-refractivity contribution in [3.05, 3.63) is 52.6 Å². The van der Waals surface area contributed by atoms with Crippen molar-refractivity contribution in [2.75, 3.05) is 28.4 Å². The number of ether oxygens (including phenoxy) is 4. The van der Waals surface area contributed by atoms with Crippen molar-refractivity contribution in [3.8, 4) is 23.0 Å².